The number of carbonyl (C=O) groups is 1. The number of hydrogen-bond acceptors (Lipinski definition) is 4. The molecule has 4 nitrogen and oxygen atoms in total. The Morgan fingerprint density at radius 2 is 2.12 bits per heavy atom. The van der Waals surface area contributed by atoms with E-state index in [1.54, 1.807) is 12.1 Å². The van der Waals surface area contributed by atoms with Gasteiger partial charge in [0.25, 0.3) is 5.91 Å². The molecule has 3 rings (SSSR count). The zero-order chi connectivity index (χ0) is 17.8. The summed E-state index contributed by atoms with van der Waals surface area (Å²) in [5.41, 5.74) is 3.28. The zero-order valence-electron chi connectivity index (χ0n) is 13.9. The zero-order valence-corrected chi connectivity index (χ0v) is 15.4. The number of hydrogen-bond donors (Lipinski definition) is 1. The molecular formula is C19H17ClN2O2S. The highest BCUT2D eigenvalue weighted by molar-refractivity contribution is 7.12. The number of benzene rings is 1. The molecule has 1 aromatic carbocycles. The van der Waals surface area contributed by atoms with Crippen molar-refractivity contribution < 1.29 is 9.53 Å². The lowest BCUT2D eigenvalue weighted by atomic mass is 10.1. The third-order valence-corrected chi connectivity index (χ3v) is 5.00. The first-order valence-electron chi connectivity index (χ1n) is 7.72. The maximum Gasteiger partial charge on any atom is 0.266 e. The molecule has 1 amide bonds. The maximum atomic E-state index is 12.3. The van der Waals surface area contributed by atoms with Gasteiger partial charge in [-0.25, -0.2) is 4.98 Å². The first kappa shape index (κ1) is 17.5. The normalized spacial score (nSPS) is 10.5. The third-order valence-electron chi connectivity index (χ3n) is 3.80. The fourth-order valence-electron chi connectivity index (χ4n) is 2.24. The van der Waals surface area contributed by atoms with E-state index in [9.17, 15) is 4.79 Å². The minimum absolute atomic E-state index is 0.196. The molecule has 1 N–H and O–H groups in total. The molecule has 2 aromatic heterocycles. The van der Waals surface area contributed by atoms with Crippen LogP contribution in [0.2, 0.25) is 5.02 Å². The number of ether oxygens (including phenoxy) is 1. The lowest BCUT2D eigenvalue weighted by Crippen LogP contribution is -2.11. The van der Waals surface area contributed by atoms with Crippen LogP contribution in [0.25, 0.3) is 0 Å². The Hall–Kier alpha value is -2.37. The molecule has 0 saturated heterocycles. The monoisotopic (exact) mass is 372 g/mol. The summed E-state index contributed by atoms with van der Waals surface area (Å²) in [6.07, 6.45) is 1.50. The number of thiophene rings is 1. The third kappa shape index (κ3) is 4.38. The minimum Gasteiger partial charge on any atom is -0.489 e. The van der Waals surface area contributed by atoms with Crippen molar-refractivity contribution >= 4 is 34.7 Å². The van der Waals surface area contributed by atoms with E-state index in [1.165, 1.54) is 23.1 Å². The Kier molecular flexibility index (Phi) is 5.36. The summed E-state index contributed by atoms with van der Waals surface area (Å²) >= 11 is 7.16. The lowest BCUT2D eigenvalue weighted by molar-refractivity contribution is 0.103. The molecule has 6 heteroatoms. The van der Waals surface area contributed by atoms with Crippen LogP contribution in [-0.2, 0) is 6.61 Å². The summed E-state index contributed by atoms with van der Waals surface area (Å²) in [6.45, 7) is 4.52. The second kappa shape index (κ2) is 7.68. The van der Waals surface area contributed by atoms with Gasteiger partial charge < -0.3 is 10.1 Å². The standard InChI is InChI=1S/C19H17ClN2O2S/c1-12-4-3-5-16(13(12)2)24-10-14-8-17(25-11-14)19(23)22-18-7-6-15(20)9-21-18/h3-9,11H,10H2,1-2H3,(H,21,22,23). The Morgan fingerprint density at radius 3 is 2.88 bits per heavy atom. The van der Waals surface area contributed by atoms with Crippen molar-refractivity contribution in [3.8, 4) is 5.75 Å². The van der Waals surface area contributed by atoms with Crippen LogP contribution in [0.3, 0.4) is 0 Å². The van der Waals surface area contributed by atoms with Crippen LogP contribution in [0.4, 0.5) is 5.82 Å². The SMILES string of the molecule is Cc1cccc(OCc2csc(C(=O)Nc3ccc(Cl)cn3)c2)c1C. The summed E-state index contributed by atoms with van der Waals surface area (Å²) in [6, 6.07) is 11.2. The minimum atomic E-state index is -0.196. The predicted octanol–water partition coefficient (Wildman–Crippen LogP) is 5.24. The van der Waals surface area contributed by atoms with E-state index in [1.807, 2.05) is 30.5 Å². The highest BCUT2D eigenvalue weighted by atomic mass is 35.5. The molecular weight excluding hydrogens is 356 g/mol. The molecule has 2 heterocycles. The summed E-state index contributed by atoms with van der Waals surface area (Å²) in [5.74, 6) is 1.14. The van der Waals surface area contributed by atoms with Crippen LogP contribution < -0.4 is 10.1 Å². The number of halogens is 1. The molecule has 0 spiro atoms. The molecule has 3 aromatic rings. The van der Waals surface area contributed by atoms with E-state index in [2.05, 4.69) is 23.3 Å². The van der Waals surface area contributed by atoms with Gasteiger partial charge in [0.05, 0.1) is 9.90 Å². The molecule has 0 aliphatic carbocycles. The number of pyridine rings is 1. The van der Waals surface area contributed by atoms with Crippen LogP contribution in [0.1, 0.15) is 26.4 Å². The number of amides is 1. The molecule has 0 aliphatic heterocycles. The summed E-state index contributed by atoms with van der Waals surface area (Å²) in [5, 5.41) is 5.20. The van der Waals surface area contributed by atoms with Gasteiger partial charge in [-0.2, -0.15) is 0 Å². The number of aromatic nitrogens is 1. The number of carbonyl (C=O) groups excluding carboxylic acids is 1. The Balaban J connectivity index is 1.62. The van der Waals surface area contributed by atoms with E-state index in [-0.39, 0.29) is 5.91 Å². The van der Waals surface area contributed by atoms with Crippen LogP contribution in [0.5, 0.6) is 5.75 Å². The Labute approximate surface area is 155 Å². The van der Waals surface area contributed by atoms with E-state index < -0.39 is 0 Å². The second-order valence-corrected chi connectivity index (χ2v) is 6.97. The van der Waals surface area contributed by atoms with Crippen molar-refractivity contribution in [2.75, 3.05) is 5.32 Å². The van der Waals surface area contributed by atoms with E-state index in [0.717, 1.165) is 16.9 Å². The van der Waals surface area contributed by atoms with Crippen molar-refractivity contribution in [3.05, 3.63) is 74.6 Å². The average Bonchev–Trinajstić information content (AvgIpc) is 3.07. The van der Waals surface area contributed by atoms with E-state index in [0.29, 0.717) is 22.3 Å². The lowest BCUT2D eigenvalue weighted by Gasteiger charge is -2.09. The quantitative estimate of drug-likeness (QED) is 0.665. The van der Waals surface area contributed by atoms with Gasteiger partial charge in [-0.3, -0.25) is 4.79 Å². The van der Waals surface area contributed by atoms with E-state index in [4.69, 9.17) is 16.3 Å². The first-order valence-corrected chi connectivity index (χ1v) is 8.98. The molecule has 128 valence electrons. The molecule has 0 fully saturated rings. The van der Waals surface area contributed by atoms with Gasteiger partial charge in [0.1, 0.15) is 18.2 Å². The molecule has 25 heavy (non-hydrogen) atoms. The van der Waals surface area contributed by atoms with Gasteiger partial charge in [-0.1, -0.05) is 23.7 Å². The number of nitrogens with one attached hydrogen (secondary N) is 1. The number of aryl methyl sites for hydroxylation is 1. The van der Waals surface area contributed by atoms with Crippen LogP contribution in [-0.4, -0.2) is 10.9 Å². The number of rotatable bonds is 5. The van der Waals surface area contributed by atoms with Gasteiger partial charge in [-0.15, -0.1) is 11.3 Å². The largest absolute Gasteiger partial charge is 0.489 e. The smallest absolute Gasteiger partial charge is 0.266 e. The molecule has 0 aliphatic rings. The predicted molar refractivity (Wildman–Crippen MR) is 102 cm³/mol. The average molecular weight is 373 g/mol. The molecule has 0 unspecified atom stereocenters. The van der Waals surface area contributed by atoms with E-state index >= 15 is 0 Å². The Bertz CT molecular complexity index is 891. The fourth-order valence-corrected chi connectivity index (χ4v) is 3.14. The van der Waals surface area contributed by atoms with Gasteiger partial charge in [-0.05, 0) is 54.6 Å². The molecule has 0 bridgehead atoms. The molecule has 0 radical (unpaired) electrons. The fraction of sp³-hybridized carbons (Fsp3) is 0.158. The van der Waals surface area contributed by atoms with Gasteiger partial charge in [0.15, 0.2) is 0 Å². The van der Waals surface area contributed by atoms with Crippen LogP contribution in [0, 0.1) is 13.8 Å². The van der Waals surface area contributed by atoms with Crippen molar-refractivity contribution in [1.82, 2.24) is 4.98 Å². The van der Waals surface area contributed by atoms with Gasteiger partial charge in [0.2, 0.25) is 0 Å². The highest BCUT2D eigenvalue weighted by Gasteiger charge is 2.11. The second-order valence-electron chi connectivity index (χ2n) is 5.62. The van der Waals surface area contributed by atoms with Crippen molar-refractivity contribution in [1.29, 1.82) is 0 Å². The summed E-state index contributed by atoms with van der Waals surface area (Å²) in [4.78, 5) is 16.9. The number of anilines is 1. The van der Waals surface area contributed by atoms with Gasteiger partial charge in [0, 0.05) is 11.8 Å². The van der Waals surface area contributed by atoms with Crippen molar-refractivity contribution in [2.24, 2.45) is 0 Å². The van der Waals surface area contributed by atoms with Crippen LogP contribution >= 0.6 is 22.9 Å². The summed E-state index contributed by atoms with van der Waals surface area (Å²) < 4.78 is 5.88. The van der Waals surface area contributed by atoms with Gasteiger partial charge >= 0.3 is 0 Å². The molecule has 0 saturated carbocycles. The summed E-state index contributed by atoms with van der Waals surface area (Å²) in [7, 11) is 0. The maximum absolute atomic E-state index is 12.3. The van der Waals surface area contributed by atoms with Crippen LogP contribution in [0.15, 0.2) is 48.0 Å². The topological polar surface area (TPSA) is 51.2 Å². The number of nitrogens with zero attached hydrogens (tertiary/aromatic N) is 1. The Morgan fingerprint density at radius 1 is 1.28 bits per heavy atom. The van der Waals surface area contributed by atoms with Crippen molar-refractivity contribution in [2.45, 2.75) is 20.5 Å². The highest BCUT2D eigenvalue weighted by Crippen LogP contribution is 2.23. The molecule has 0 atom stereocenters. The van der Waals surface area contributed by atoms with Crippen molar-refractivity contribution in [3.63, 3.8) is 0 Å². The first-order chi connectivity index (χ1) is 12.0.